The molecule has 0 aromatic heterocycles. The minimum atomic E-state index is -0.409. The summed E-state index contributed by atoms with van der Waals surface area (Å²) in [4.78, 5) is 23.9. The van der Waals surface area contributed by atoms with E-state index in [4.69, 9.17) is 5.73 Å². The number of carbonyl (C=O) groups excluding carboxylic acids is 2. The van der Waals surface area contributed by atoms with E-state index in [1.54, 1.807) is 16.7 Å². The first kappa shape index (κ1) is 10.8. The molecule has 1 aliphatic heterocycles. The molecule has 1 atom stereocenters. The van der Waals surface area contributed by atoms with Crippen LogP contribution < -0.4 is 5.73 Å². The molecule has 0 aromatic rings. The monoisotopic (exact) mass is 266 g/mol. The van der Waals surface area contributed by atoms with Gasteiger partial charge < -0.3 is 10.6 Å². The van der Waals surface area contributed by atoms with E-state index < -0.39 is 11.9 Å². The highest BCUT2D eigenvalue weighted by Gasteiger charge is 2.32. The third-order valence-electron chi connectivity index (χ3n) is 1.84. The van der Waals surface area contributed by atoms with Crippen LogP contribution in [0.5, 0.6) is 0 Å². The van der Waals surface area contributed by atoms with E-state index in [1.165, 1.54) is 0 Å². The average molecular weight is 267 g/mol. The van der Waals surface area contributed by atoms with Crippen LogP contribution in [0.4, 0.5) is 0 Å². The van der Waals surface area contributed by atoms with Crippen LogP contribution in [0.1, 0.15) is 6.42 Å². The number of primary amides is 1. The first-order valence-corrected chi connectivity index (χ1v) is 6.17. The molecule has 0 unspecified atom stereocenters. The molecule has 6 heteroatoms. The molecule has 1 aliphatic rings. The Balaban J connectivity index is 2.57. The van der Waals surface area contributed by atoms with E-state index in [1.807, 2.05) is 0 Å². The van der Waals surface area contributed by atoms with Crippen molar-refractivity contribution in [2.75, 3.05) is 17.0 Å². The topological polar surface area (TPSA) is 63.4 Å². The molecule has 0 saturated carbocycles. The quantitative estimate of drug-likeness (QED) is 0.741. The third kappa shape index (κ3) is 2.60. The highest BCUT2D eigenvalue weighted by atomic mass is 79.9. The van der Waals surface area contributed by atoms with Crippen LogP contribution in [-0.2, 0) is 9.59 Å². The maximum absolute atomic E-state index is 11.4. The summed E-state index contributed by atoms with van der Waals surface area (Å²) in [5.74, 6) is 0.793. The average Bonchev–Trinajstić information content (AvgIpc) is 2.52. The first-order valence-electron chi connectivity index (χ1n) is 3.89. The molecule has 0 spiro atoms. The van der Waals surface area contributed by atoms with Gasteiger partial charge in [0.05, 0.1) is 5.88 Å². The van der Waals surface area contributed by atoms with Crippen LogP contribution in [-0.4, -0.2) is 39.7 Å². The number of carbonyl (C=O) groups is 2. The van der Waals surface area contributed by atoms with Crippen molar-refractivity contribution < 1.29 is 9.59 Å². The largest absolute Gasteiger partial charge is 0.368 e. The van der Waals surface area contributed by atoms with Crippen molar-refractivity contribution in [2.45, 2.75) is 12.5 Å². The number of alkyl halides is 1. The Labute approximate surface area is 89.3 Å². The third-order valence-corrected chi connectivity index (χ3v) is 3.25. The van der Waals surface area contributed by atoms with Gasteiger partial charge in [-0.05, 0) is 0 Å². The van der Waals surface area contributed by atoms with Gasteiger partial charge in [-0.1, -0.05) is 15.9 Å². The summed E-state index contributed by atoms with van der Waals surface area (Å²) in [6.07, 6.45) is 0.421. The zero-order valence-corrected chi connectivity index (χ0v) is 9.44. The summed E-state index contributed by atoms with van der Waals surface area (Å²) in [6, 6.07) is -0.406. The van der Waals surface area contributed by atoms with Gasteiger partial charge in [-0.2, -0.15) is 0 Å². The zero-order chi connectivity index (χ0) is 9.84. The fraction of sp³-hybridized carbons (Fsp3) is 0.714. The van der Waals surface area contributed by atoms with Crippen molar-refractivity contribution in [1.29, 1.82) is 0 Å². The maximum Gasteiger partial charge on any atom is 0.241 e. The van der Waals surface area contributed by atoms with Crippen molar-refractivity contribution in [3.8, 4) is 0 Å². The molecule has 13 heavy (non-hydrogen) atoms. The smallest absolute Gasteiger partial charge is 0.241 e. The van der Waals surface area contributed by atoms with Crippen LogP contribution in [0.15, 0.2) is 0 Å². The molecule has 1 heterocycles. The van der Waals surface area contributed by atoms with Gasteiger partial charge in [0, 0.05) is 17.5 Å². The van der Waals surface area contributed by atoms with Crippen molar-refractivity contribution in [3.63, 3.8) is 0 Å². The summed E-state index contributed by atoms with van der Waals surface area (Å²) in [7, 11) is 0. The number of halogens is 1. The summed E-state index contributed by atoms with van der Waals surface area (Å²) in [6.45, 7) is 0. The molecule has 1 fully saturated rings. The summed E-state index contributed by atoms with van der Waals surface area (Å²) >= 11 is 4.75. The fourth-order valence-electron chi connectivity index (χ4n) is 1.15. The van der Waals surface area contributed by atoms with Crippen LogP contribution in [0.2, 0.25) is 0 Å². The molecule has 74 valence electrons. The minimum Gasteiger partial charge on any atom is -0.368 e. The minimum absolute atomic E-state index is 0.00863. The normalized spacial score (nSPS) is 21.9. The van der Waals surface area contributed by atoms with E-state index in [-0.39, 0.29) is 5.91 Å². The number of hydrogen-bond donors (Lipinski definition) is 1. The second-order valence-corrected chi connectivity index (χ2v) is 4.51. The second-order valence-electron chi connectivity index (χ2n) is 2.72. The van der Waals surface area contributed by atoms with E-state index >= 15 is 0 Å². The molecule has 0 radical (unpaired) electrons. The lowest BCUT2D eigenvalue weighted by Gasteiger charge is -2.20. The van der Waals surface area contributed by atoms with Gasteiger partial charge in [-0.3, -0.25) is 9.59 Å². The number of nitrogens with two attached hydrogens (primary N) is 1. The number of amides is 2. The van der Waals surface area contributed by atoms with E-state index in [9.17, 15) is 9.59 Å². The molecule has 2 N–H and O–H groups in total. The standard InChI is InChI=1S/C7H11BrN2O2S/c8-2-1-6(11)10-4-13-3-5(10)7(9)12/h5H,1-4H2,(H2,9,12)/t5-/m0/s1. The van der Waals surface area contributed by atoms with E-state index in [0.29, 0.717) is 23.4 Å². The Morgan fingerprint density at radius 1 is 1.62 bits per heavy atom. The number of hydrogen-bond acceptors (Lipinski definition) is 3. The molecule has 1 saturated heterocycles. The number of nitrogens with zero attached hydrogens (tertiary/aromatic N) is 1. The summed E-state index contributed by atoms with van der Waals surface area (Å²) in [5, 5.41) is 0.623. The molecule has 0 bridgehead atoms. The highest BCUT2D eigenvalue weighted by Crippen LogP contribution is 2.21. The second kappa shape index (κ2) is 4.85. The molecule has 0 aliphatic carbocycles. The molecular weight excluding hydrogens is 256 g/mol. The maximum atomic E-state index is 11.4. The molecule has 2 amide bonds. The van der Waals surface area contributed by atoms with Crippen LogP contribution in [0.3, 0.4) is 0 Å². The summed E-state index contributed by atoms with van der Waals surface area (Å²) in [5.41, 5.74) is 5.16. The zero-order valence-electron chi connectivity index (χ0n) is 7.03. The predicted octanol–water partition coefficient (Wildman–Crippen LogP) is 0.158. The lowest BCUT2D eigenvalue weighted by Crippen LogP contribution is -2.45. The van der Waals surface area contributed by atoms with Crippen LogP contribution in [0, 0.1) is 0 Å². The Bertz CT molecular complexity index is 225. The first-order chi connectivity index (χ1) is 6.16. The van der Waals surface area contributed by atoms with Gasteiger partial charge in [0.2, 0.25) is 11.8 Å². The van der Waals surface area contributed by atoms with E-state index in [2.05, 4.69) is 15.9 Å². The van der Waals surface area contributed by atoms with Crippen molar-refractivity contribution in [1.82, 2.24) is 4.90 Å². The summed E-state index contributed by atoms with van der Waals surface area (Å²) < 4.78 is 0. The Hall–Kier alpha value is -0.230. The Kier molecular flexibility index (Phi) is 4.05. The fourth-order valence-corrected chi connectivity index (χ4v) is 2.68. The van der Waals surface area contributed by atoms with Crippen molar-refractivity contribution in [2.24, 2.45) is 5.73 Å². The van der Waals surface area contributed by atoms with Crippen LogP contribution >= 0.6 is 27.7 Å². The van der Waals surface area contributed by atoms with Crippen molar-refractivity contribution >= 4 is 39.5 Å². The molecule has 0 aromatic carbocycles. The van der Waals surface area contributed by atoms with Gasteiger partial charge >= 0.3 is 0 Å². The lowest BCUT2D eigenvalue weighted by molar-refractivity contribution is -0.136. The van der Waals surface area contributed by atoms with Crippen molar-refractivity contribution in [3.05, 3.63) is 0 Å². The van der Waals surface area contributed by atoms with Gasteiger partial charge in [-0.25, -0.2) is 0 Å². The predicted molar refractivity (Wildman–Crippen MR) is 55.6 cm³/mol. The number of rotatable bonds is 3. The number of thioether (sulfide) groups is 1. The van der Waals surface area contributed by atoms with E-state index in [0.717, 1.165) is 0 Å². The highest BCUT2D eigenvalue weighted by molar-refractivity contribution is 9.09. The Morgan fingerprint density at radius 3 is 2.85 bits per heavy atom. The van der Waals surface area contributed by atoms with Gasteiger partial charge in [-0.15, -0.1) is 11.8 Å². The molecule has 1 rings (SSSR count). The molecule has 4 nitrogen and oxygen atoms in total. The van der Waals surface area contributed by atoms with Gasteiger partial charge in [0.25, 0.3) is 0 Å². The van der Waals surface area contributed by atoms with Crippen LogP contribution in [0.25, 0.3) is 0 Å². The SMILES string of the molecule is NC(=O)[C@@H]1CSCN1C(=O)CCBr. The van der Waals surface area contributed by atoms with Gasteiger partial charge in [0.1, 0.15) is 6.04 Å². The Morgan fingerprint density at radius 2 is 2.31 bits per heavy atom. The van der Waals surface area contributed by atoms with Gasteiger partial charge in [0.15, 0.2) is 0 Å². The lowest BCUT2D eigenvalue weighted by atomic mass is 10.2. The molecular formula is C7H11BrN2O2S.